The average molecular weight is 244 g/mol. The lowest BCUT2D eigenvalue weighted by Crippen LogP contribution is -2.33. The molecule has 0 radical (unpaired) electrons. The summed E-state index contributed by atoms with van der Waals surface area (Å²) >= 11 is 0. The largest absolute Gasteiger partial charge is 0.312 e. The van der Waals surface area contributed by atoms with Crippen molar-refractivity contribution >= 4 is 11.6 Å². The fraction of sp³-hybridized carbons (Fsp3) is 0.533. The Balaban J connectivity index is 2.00. The number of carbonyl (C=O) groups is 1. The second-order valence-electron chi connectivity index (χ2n) is 5.63. The minimum Gasteiger partial charge on any atom is -0.312 e. The number of rotatable bonds is 1. The van der Waals surface area contributed by atoms with Crippen molar-refractivity contribution in [3.05, 3.63) is 29.3 Å². The van der Waals surface area contributed by atoms with Gasteiger partial charge in [-0.2, -0.15) is 0 Å². The molecule has 0 saturated carbocycles. The van der Waals surface area contributed by atoms with Crippen molar-refractivity contribution in [2.24, 2.45) is 0 Å². The van der Waals surface area contributed by atoms with E-state index in [2.05, 4.69) is 30.4 Å². The topological polar surface area (TPSA) is 32.3 Å². The summed E-state index contributed by atoms with van der Waals surface area (Å²) < 4.78 is 0. The van der Waals surface area contributed by atoms with Crippen LogP contribution in [-0.2, 0) is 16.8 Å². The van der Waals surface area contributed by atoms with E-state index in [1.165, 1.54) is 24.0 Å². The fourth-order valence-corrected chi connectivity index (χ4v) is 3.19. The maximum Gasteiger partial charge on any atom is 0.223 e. The van der Waals surface area contributed by atoms with E-state index in [9.17, 15) is 4.79 Å². The smallest absolute Gasteiger partial charge is 0.223 e. The van der Waals surface area contributed by atoms with Crippen molar-refractivity contribution in [1.29, 1.82) is 0 Å². The quantitative estimate of drug-likeness (QED) is 0.821. The number of fused-ring (bicyclic) bond motifs is 1. The Hall–Kier alpha value is -1.35. The van der Waals surface area contributed by atoms with E-state index in [0.29, 0.717) is 0 Å². The van der Waals surface area contributed by atoms with E-state index in [1.54, 1.807) is 6.92 Å². The number of benzene rings is 1. The van der Waals surface area contributed by atoms with Crippen molar-refractivity contribution in [1.82, 2.24) is 5.32 Å². The molecule has 3 rings (SSSR count). The highest BCUT2D eigenvalue weighted by molar-refractivity contribution is 5.93. The highest BCUT2D eigenvalue weighted by atomic mass is 16.2. The van der Waals surface area contributed by atoms with Crippen LogP contribution in [0.5, 0.6) is 0 Å². The minimum absolute atomic E-state index is 0.0834. The molecule has 0 spiro atoms. The van der Waals surface area contributed by atoms with E-state index >= 15 is 0 Å². The summed E-state index contributed by atoms with van der Waals surface area (Å²) in [4.78, 5) is 13.5. The van der Waals surface area contributed by atoms with Gasteiger partial charge >= 0.3 is 0 Å². The van der Waals surface area contributed by atoms with Crippen molar-refractivity contribution in [2.45, 2.75) is 38.6 Å². The molecule has 2 heterocycles. The first-order valence-corrected chi connectivity index (χ1v) is 6.77. The maximum absolute atomic E-state index is 11.6. The molecule has 1 saturated heterocycles. The summed E-state index contributed by atoms with van der Waals surface area (Å²) in [6.07, 6.45) is 3.38. The van der Waals surface area contributed by atoms with Gasteiger partial charge in [-0.3, -0.25) is 4.79 Å². The SMILES string of the molecule is CC(=O)N1CCc2ccc(C3(C)CCCN3)cc21. The van der Waals surface area contributed by atoms with Gasteiger partial charge in [0.2, 0.25) is 5.91 Å². The Kier molecular flexibility index (Phi) is 2.67. The zero-order chi connectivity index (χ0) is 12.8. The van der Waals surface area contributed by atoms with Gasteiger partial charge in [0, 0.05) is 24.7 Å². The van der Waals surface area contributed by atoms with Gasteiger partial charge in [-0.05, 0) is 49.9 Å². The van der Waals surface area contributed by atoms with Crippen LogP contribution in [-0.4, -0.2) is 19.0 Å². The van der Waals surface area contributed by atoms with Gasteiger partial charge in [0.1, 0.15) is 0 Å². The van der Waals surface area contributed by atoms with E-state index in [4.69, 9.17) is 0 Å². The summed E-state index contributed by atoms with van der Waals surface area (Å²) in [6.45, 7) is 5.83. The van der Waals surface area contributed by atoms with Gasteiger partial charge in [-0.15, -0.1) is 0 Å². The molecule has 1 aromatic carbocycles. The zero-order valence-corrected chi connectivity index (χ0v) is 11.1. The molecule has 0 bridgehead atoms. The molecule has 3 heteroatoms. The third-order valence-corrected chi connectivity index (χ3v) is 4.37. The number of nitrogens with one attached hydrogen (secondary N) is 1. The molecule has 1 fully saturated rings. The Morgan fingerprint density at radius 2 is 2.28 bits per heavy atom. The number of carbonyl (C=O) groups excluding carboxylic acids is 1. The van der Waals surface area contributed by atoms with Crippen LogP contribution in [0.3, 0.4) is 0 Å². The summed E-state index contributed by atoms with van der Waals surface area (Å²) in [5.41, 5.74) is 3.82. The van der Waals surface area contributed by atoms with Crippen molar-refractivity contribution < 1.29 is 4.79 Å². The van der Waals surface area contributed by atoms with Crippen LogP contribution in [0.15, 0.2) is 18.2 Å². The van der Waals surface area contributed by atoms with Gasteiger partial charge in [0.15, 0.2) is 0 Å². The molecule has 2 aliphatic heterocycles. The Morgan fingerprint density at radius 3 is 2.94 bits per heavy atom. The molecular weight excluding hydrogens is 224 g/mol. The first-order valence-electron chi connectivity index (χ1n) is 6.77. The third kappa shape index (κ3) is 1.74. The summed E-state index contributed by atoms with van der Waals surface area (Å²) in [7, 11) is 0. The minimum atomic E-state index is 0.0834. The predicted octanol–water partition coefficient (Wildman–Crippen LogP) is 2.19. The number of amides is 1. The molecule has 1 aromatic rings. The lowest BCUT2D eigenvalue weighted by Gasteiger charge is -2.26. The number of hydrogen-bond donors (Lipinski definition) is 1. The molecule has 1 atom stereocenters. The Morgan fingerprint density at radius 1 is 1.44 bits per heavy atom. The second kappa shape index (κ2) is 4.09. The van der Waals surface area contributed by atoms with Gasteiger partial charge in [-0.1, -0.05) is 12.1 Å². The van der Waals surface area contributed by atoms with Crippen molar-refractivity contribution in [3.8, 4) is 0 Å². The molecule has 0 aromatic heterocycles. The van der Waals surface area contributed by atoms with Gasteiger partial charge in [0.05, 0.1) is 0 Å². The van der Waals surface area contributed by atoms with Crippen LogP contribution < -0.4 is 10.2 Å². The summed E-state index contributed by atoms with van der Waals surface area (Å²) in [6, 6.07) is 6.63. The van der Waals surface area contributed by atoms with Crippen molar-refractivity contribution in [2.75, 3.05) is 18.0 Å². The standard InChI is InChI=1S/C15H20N2O/c1-11(18)17-9-6-12-4-5-13(10-14(12)17)15(2)7-3-8-16-15/h4-5,10,16H,3,6-9H2,1-2H3. The second-order valence-corrected chi connectivity index (χ2v) is 5.63. The van der Waals surface area contributed by atoms with Crippen LogP contribution >= 0.6 is 0 Å². The van der Waals surface area contributed by atoms with Crippen LogP contribution in [0.1, 0.15) is 37.8 Å². The van der Waals surface area contributed by atoms with Gasteiger partial charge < -0.3 is 10.2 Å². The van der Waals surface area contributed by atoms with Crippen LogP contribution in [0.25, 0.3) is 0 Å². The first-order chi connectivity index (χ1) is 8.60. The molecule has 2 aliphatic rings. The summed E-state index contributed by atoms with van der Waals surface area (Å²) in [5, 5.41) is 3.58. The van der Waals surface area contributed by atoms with E-state index < -0.39 is 0 Å². The van der Waals surface area contributed by atoms with Gasteiger partial charge in [0.25, 0.3) is 0 Å². The molecule has 1 N–H and O–H groups in total. The van der Waals surface area contributed by atoms with Crippen molar-refractivity contribution in [3.63, 3.8) is 0 Å². The number of hydrogen-bond acceptors (Lipinski definition) is 2. The van der Waals surface area contributed by atoms with Crippen LogP contribution in [0.2, 0.25) is 0 Å². The van der Waals surface area contributed by atoms with Crippen LogP contribution in [0, 0.1) is 0 Å². The zero-order valence-electron chi connectivity index (χ0n) is 11.1. The highest BCUT2D eigenvalue weighted by Gasteiger charge is 2.32. The van der Waals surface area contributed by atoms with E-state index in [-0.39, 0.29) is 11.4 Å². The van der Waals surface area contributed by atoms with Crippen LogP contribution in [0.4, 0.5) is 5.69 Å². The molecule has 3 nitrogen and oxygen atoms in total. The highest BCUT2D eigenvalue weighted by Crippen LogP contribution is 2.36. The molecule has 96 valence electrons. The maximum atomic E-state index is 11.6. The lowest BCUT2D eigenvalue weighted by atomic mass is 9.89. The Labute approximate surface area is 108 Å². The third-order valence-electron chi connectivity index (χ3n) is 4.37. The first kappa shape index (κ1) is 11.7. The predicted molar refractivity (Wildman–Crippen MR) is 72.8 cm³/mol. The molecule has 1 amide bonds. The molecule has 1 unspecified atom stereocenters. The number of nitrogens with zero attached hydrogens (tertiary/aromatic N) is 1. The molecular formula is C15H20N2O. The lowest BCUT2D eigenvalue weighted by molar-refractivity contribution is -0.116. The van der Waals surface area contributed by atoms with Gasteiger partial charge in [-0.25, -0.2) is 0 Å². The fourth-order valence-electron chi connectivity index (χ4n) is 3.19. The van der Waals surface area contributed by atoms with E-state index in [0.717, 1.165) is 25.2 Å². The Bertz CT molecular complexity index is 489. The number of anilines is 1. The average Bonchev–Trinajstić information content (AvgIpc) is 2.94. The van der Waals surface area contributed by atoms with E-state index in [1.807, 2.05) is 4.90 Å². The normalized spacial score (nSPS) is 26.4. The summed E-state index contributed by atoms with van der Waals surface area (Å²) in [5.74, 6) is 0.149. The molecule has 18 heavy (non-hydrogen) atoms. The molecule has 0 aliphatic carbocycles. The monoisotopic (exact) mass is 244 g/mol.